The molecule has 0 bridgehead atoms. The van der Waals surface area contributed by atoms with E-state index in [-0.39, 0.29) is 13.2 Å². The lowest BCUT2D eigenvalue weighted by atomic mass is 10.1. The van der Waals surface area contributed by atoms with Crippen molar-refractivity contribution in [1.82, 2.24) is 10.0 Å². The number of hydrogen-bond acceptors (Lipinski definition) is 5. The van der Waals surface area contributed by atoms with Crippen molar-refractivity contribution in [3.63, 3.8) is 0 Å². The first-order valence-electron chi connectivity index (χ1n) is 5.01. The number of carbonyl (C=O) groups is 2. The number of nitrogens with one attached hydrogen (secondary N) is 2. The largest absolute Gasteiger partial charge is 0.459 e. The predicted molar refractivity (Wildman–Crippen MR) is 61.7 cm³/mol. The molecule has 0 radical (unpaired) electrons. The van der Waals surface area contributed by atoms with Crippen LogP contribution in [0.5, 0.6) is 0 Å². The third kappa shape index (κ3) is 7.70. The lowest BCUT2D eigenvalue weighted by molar-refractivity contribution is -0.154. The summed E-state index contributed by atoms with van der Waals surface area (Å²) in [6, 6.07) is 0. The van der Waals surface area contributed by atoms with Gasteiger partial charge in [0.15, 0.2) is 0 Å². The molecule has 0 aromatic carbocycles. The van der Waals surface area contributed by atoms with Crippen LogP contribution in [0.25, 0.3) is 0 Å². The molecule has 8 heteroatoms. The van der Waals surface area contributed by atoms with E-state index in [1.165, 1.54) is 0 Å². The van der Waals surface area contributed by atoms with Gasteiger partial charge < -0.3 is 10.1 Å². The van der Waals surface area contributed by atoms with Crippen LogP contribution in [-0.2, 0) is 24.3 Å². The van der Waals surface area contributed by atoms with Gasteiger partial charge in [0.1, 0.15) is 0 Å². The number of sulfonamides is 1. The van der Waals surface area contributed by atoms with Crippen molar-refractivity contribution in [2.45, 2.75) is 26.3 Å². The maximum atomic E-state index is 11.2. The fourth-order valence-corrected chi connectivity index (χ4v) is 2.18. The van der Waals surface area contributed by atoms with Crippen molar-refractivity contribution in [2.24, 2.45) is 0 Å². The quantitative estimate of drug-likeness (QED) is 0.490. The number of ether oxygens (including phenoxy) is 1. The average Bonchev–Trinajstić information content (AvgIpc) is 2.10. The minimum atomic E-state index is -3.38. The van der Waals surface area contributed by atoms with Gasteiger partial charge in [-0.15, -0.1) is 0 Å². The number of rotatable bonds is 5. The van der Waals surface area contributed by atoms with Crippen molar-refractivity contribution in [2.75, 3.05) is 19.4 Å². The topological polar surface area (TPSA) is 102 Å². The minimum Gasteiger partial charge on any atom is -0.459 e. The molecule has 1 amide bonds. The summed E-state index contributed by atoms with van der Waals surface area (Å²) in [4.78, 5) is 22.2. The van der Waals surface area contributed by atoms with Crippen LogP contribution in [0.15, 0.2) is 0 Å². The third-order valence-corrected chi connectivity index (χ3v) is 2.54. The van der Waals surface area contributed by atoms with Gasteiger partial charge >= 0.3 is 11.9 Å². The van der Waals surface area contributed by atoms with Crippen LogP contribution in [0.2, 0.25) is 0 Å². The molecule has 2 N–H and O–H groups in total. The van der Waals surface area contributed by atoms with E-state index < -0.39 is 27.4 Å². The zero-order chi connectivity index (χ0) is 13.7. The van der Waals surface area contributed by atoms with E-state index in [4.69, 9.17) is 0 Å². The Morgan fingerprint density at radius 3 is 2.24 bits per heavy atom. The van der Waals surface area contributed by atoms with Crippen LogP contribution < -0.4 is 10.0 Å². The summed E-state index contributed by atoms with van der Waals surface area (Å²) in [5.74, 6) is -1.88. The number of carbonyl (C=O) groups excluding carboxylic acids is 2. The van der Waals surface area contributed by atoms with Crippen molar-refractivity contribution in [1.29, 1.82) is 0 Å². The fourth-order valence-electron chi connectivity index (χ4n) is 1.11. The molecule has 0 aliphatic heterocycles. The fraction of sp³-hybridized carbons (Fsp3) is 0.778. The van der Waals surface area contributed by atoms with E-state index in [1.54, 1.807) is 20.8 Å². The highest BCUT2D eigenvalue weighted by Gasteiger charge is 2.24. The molecule has 0 atom stereocenters. The average molecular weight is 266 g/mol. The first-order valence-corrected chi connectivity index (χ1v) is 6.90. The number of esters is 1. The van der Waals surface area contributed by atoms with Gasteiger partial charge in [0.2, 0.25) is 10.0 Å². The smallest absolute Gasteiger partial charge is 0.396 e. The third-order valence-electron chi connectivity index (χ3n) is 1.61. The molecule has 0 aromatic rings. The molecule has 0 spiro atoms. The van der Waals surface area contributed by atoms with Crippen LogP contribution in [0.4, 0.5) is 0 Å². The lowest BCUT2D eigenvalue weighted by Gasteiger charge is -2.24. The highest BCUT2D eigenvalue weighted by molar-refractivity contribution is 7.88. The van der Waals surface area contributed by atoms with Crippen LogP contribution in [0.1, 0.15) is 20.8 Å². The Labute approximate surface area is 101 Å². The van der Waals surface area contributed by atoms with E-state index in [2.05, 4.69) is 14.8 Å². The van der Waals surface area contributed by atoms with Crippen molar-refractivity contribution in [3.8, 4) is 0 Å². The second kappa shape index (κ2) is 5.97. The maximum Gasteiger partial charge on any atom is 0.396 e. The molecule has 0 saturated carbocycles. The lowest BCUT2D eigenvalue weighted by Crippen LogP contribution is -2.52. The Balaban J connectivity index is 4.28. The summed E-state index contributed by atoms with van der Waals surface area (Å²) >= 11 is 0. The Morgan fingerprint density at radius 1 is 1.29 bits per heavy atom. The molecule has 0 aliphatic rings. The normalized spacial score (nSPS) is 12.0. The second-order valence-corrected chi connectivity index (χ2v) is 5.91. The minimum absolute atomic E-state index is 0.0162. The van der Waals surface area contributed by atoms with E-state index in [1.807, 2.05) is 0 Å². The molecule has 0 fully saturated rings. The standard InChI is InChI=1S/C9H18N2O5S/c1-5-16-8(13)7(12)10-6-9(2,3)11-17(4,14)15/h11H,5-6H2,1-4H3,(H,10,12). The number of amides is 1. The van der Waals surface area contributed by atoms with Crippen molar-refractivity contribution in [3.05, 3.63) is 0 Å². The van der Waals surface area contributed by atoms with E-state index >= 15 is 0 Å². The predicted octanol–water partition coefficient (Wildman–Crippen LogP) is -1.01. The summed E-state index contributed by atoms with van der Waals surface area (Å²) in [5.41, 5.74) is -0.879. The first-order chi connectivity index (χ1) is 7.57. The van der Waals surface area contributed by atoms with Crippen LogP contribution in [0.3, 0.4) is 0 Å². The van der Waals surface area contributed by atoms with Crippen LogP contribution in [0, 0.1) is 0 Å². The van der Waals surface area contributed by atoms with Gasteiger partial charge in [0.05, 0.1) is 12.9 Å². The molecule has 7 nitrogen and oxygen atoms in total. The molecule has 0 rings (SSSR count). The van der Waals surface area contributed by atoms with Gasteiger partial charge in [0, 0.05) is 12.1 Å². The van der Waals surface area contributed by atoms with Gasteiger partial charge in [0.25, 0.3) is 0 Å². The molecule has 0 unspecified atom stereocenters. The van der Waals surface area contributed by atoms with E-state index in [0.29, 0.717) is 0 Å². The molecule has 0 aliphatic carbocycles. The van der Waals surface area contributed by atoms with Crippen molar-refractivity contribution >= 4 is 21.9 Å². The van der Waals surface area contributed by atoms with E-state index in [0.717, 1.165) is 6.26 Å². The van der Waals surface area contributed by atoms with Gasteiger partial charge in [-0.2, -0.15) is 0 Å². The Morgan fingerprint density at radius 2 is 1.82 bits per heavy atom. The Kier molecular flexibility index (Phi) is 5.56. The maximum absolute atomic E-state index is 11.2. The van der Waals surface area contributed by atoms with Gasteiger partial charge in [-0.05, 0) is 20.8 Å². The Hall–Kier alpha value is -1.15. The van der Waals surface area contributed by atoms with Crippen molar-refractivity contribution < 1.29 is 22.7 Å². The number of hydrogen-bond donors (Lipinski definition) is 2. The Bertz CT molecular complexity index is 388. The molecule has 0 saturated heterocycles. The molecule has 0 heterocycles. The highest BCUT2D eigenvalue weighted by atomic mass is 32.2. The summed E-state index contributed by atoms with van der Waals surface area (Å²) in [7, 11) is -3.38. The zero-order valence-corrected chi connectivity index (χ0v) is 11.2. The monoisotopic (exact) mass is 266 g/mol. The molecule has 17 heavy (non-hydrogen) atoms. The molecular formula is C9H18N2O5S. The summed E-state index contributed by atoms with van der Waals surface area (Å²) < 4.78 is 28.8. The summed E-state index contributed by atoms with van der Waals surface area (Å²) in [5, 5.41) is 2.29. The van der Waals surface area contributed by atoms with Gasteiger partial charge in [-0.1, -0.05) is 0 Å². The highest BCUT2D eigenvalue weighted by Crippen LogP contribution is 2.01. The summed E-state index contributed by atoms with van der Waals surface area (Å²) in [6.45, 7) is 4.84. The molecule has 0 aromatic heterocycles. The van der Waals surface area contributed by atoms with Crippen LogP contribution >= 0.6 is 0 Å². The first kappa shape index (κ1) is 15.9. The zero-order valence-electron chi connectivity index (χ0n) is 10.4. The molecular weight excluding hydrogens is 248 g/mol. The second-order valence-electron chi connectivity index (χ2n) is 4.16. The summed E-state index contributed by atoms with van der Waals surface area (Å²) in [6.07, 6.45) is 1.02. The van der Waals surface area contributed by atoms with E-state index in [9.17, 15) is 18.0 Å². The SMILES string of the molecule is CCOC(=O)C(=O)NCC(C)(C)NS(C)(=O)=O. The van der Waals surface area contributed by atoms with Gasteiger partial charge in [-0.25, -0.2) is 17.9 Å². The van der Waals surface area contributed by atoms with Gasteiger partial charge in [-0.3, -0.25) is 4.79 Å². The van der Waals surface area contributed by atoms with Crippen LogP contribution in [-0.4, -0.2) is 45.2 Å². The molecule has 100 valence electrons.